The molecule has 4 nitrogen and oxygen atoms in total. The van der Waals surface area contributed by atoms with E-state index in [4.69, 9.17) is 0 Å². The highest BCUT2D eigenvalue weighted by atomic mass is 32.2. The number of hydrogen-bond acceptors (Lipinski definition) is 3. The minimum absolute atomic E-state index is 0.0567. The minimum Gasteiger partial charge on any atom is -0.261 e. The zero-order valence-electron chi connectivity index (χ0n) is 8.97. The average molecular weight is 228 g/mol. The molecule has 0 unspecified atom stereocenters. The van der Waals surface area contributed by atoms with Crippen LogP contribution in [-0.2, 0) is 16.4 Å². The van der Waals surface area contributed by atoms with Crippen molar-refractivity contribution in [3.63, 3.8) is 0 Å². The van der Waals surface area contributed by atoms with Crippen LogP contribution >= 0.6 is 0 Å². The van der Waals surface area contributed by atoms with Crippen LogP contribution in [0.4, 0.5) is 0 Å². The van der Waals surface area contributed by atoms with E-state index >= 15 is 0 Å². The number of pyridine rings is 1. The molecular formula is C10H16N2O2S. The molecule has 0 bridgehead atoms. The van der Waals surface area contributed by atoms with Crippen LogP contribution in [0.25, 0.3) is 0 Å². The van der Waals surface area contributed by atoms with Crippen LogP contribution in [-0.4, -0.2) is 25.2 Å². The Kier molecular flexibility index (Phi) is 4.23. The second kappa shape index (κ2) is 5.23. The van der Waals surface area contributed by atoms with E-state index in [1.807, 2.05) is 18.2 Å². The van der Waals surface area contributed by atoms with Gasteiger partial charge in [0, 0.05) is 24.4 Å². The lowest BCUT2D eigenvalue weighted by molar-refractivity contribution is 0.569. The molecule has 5 heteroatoms. The van der Waals surface area contributed by atoms with Gasteiger partial charge in [0.05, 0.1) is 5.75 Å². The van der Waals surface area contributed by atoms with Crippen molar-refractivity contribution >= 4 is 10.0 Å². The molecule has 0 saturated heterocycles. The summed E-state index contributed by atoms with van der Waals surface area (Å²) in [7, 11) is -3.17. The molecule has 15 heavy (non-hydrogen) atoms. The highest BCUT2D eigenvalue weighted by Gasteiger charge is 2.11. The molecule has 1 N–H and O–H groups in total. The number of sulfonamides is 1. The topological polar surface area (TPSA) is 59.1 Å². The summed E-state index contributed by atoms with van der Waals surface area (Å²) in [4.78, 5) is 4.07. The van der Waals surface area contributed by atoms with E-state index < -0.39 is 10.0 Å². The molecule has 0 saturated carbocycles. The van der Waals surface area contributed by atoms with E-state index in [1.54, 1.807) is 20.0 Å². The second-order valence-corrected chi connectivity index (χ2v) is 5.54. The summed E-state index contributed by atoms with van der Waals surface area (Å²) in [6.45, 7) is 3.61. The first-order chi connectivity index (χ1) is 6.99. The molecule has 0 aromatic carbocycles. The van der Waals surface area contributed by atoms with Gasteiger partial charge in [-0.15, -0.1) is 0 Å². The maximum absolute atomic E-state index is 11.5. The summed E-state index contributed by atoms with van der Waals surface area (Å²) in [5.74, 6) is 0.0855. The van der Waals surface area contributed by atoms with Gasteiger partial charge in [-0.25, -0.2) is 13.1 Å². The highest BCUT2D eigenvalue weighted by Crippen LogP contribution is 1.98. The van der Waals surface area contributed by atoms with Gasteiger partial charge in [-0.2, -0.15) is 0 Å². The molecule has 0 aliphatic rings. The predicted molar refractivity (Wildman–Crippen MR) is 60.0 cm³/mol. The summed E-state index contributed by atoms with van der Waals surface area (Å²) >= 11 is 0. The standard InChI is InChI=1S/C10H16N2O2S/c1-9(2)12-15(13,14)8-6-10-5-3-4-7-11-10/h3-5,7,9,12H,6,8H2,1-2H3. The smallest absolute Gasteiger partial charge is 0.212 e. The minimum atomic E-state index is -3.17. The van der Waals surface area contributed by atoms with E-state index in [0.29, 0.717) is 6.42 Å². The summed E-state index contributed by atoms with van der Waals surface area (Å²) < 4.78 is 25.5. The van der Waals surface area contributed by atoms with E-state index in [-0.39, 0.29) is 11.8 Å². The molecule has 0 atom stereocenters. The number of aromatic nitrogens is 1. The summed E-state index contributed by atoms with van der Waals surface area (Å²) in [6.07, 6.45) is 2.11. The van der Waals surface area contributed by atoms with Gasteiger partial charge in [0.2, 0.25) is 10.0 Å². The lowest BCUT2D eigenvalue weighted by Crippen LogP contribution is -2.32. The maximum Gasteiger partial charge on any atom is 0.212 e. The van der Waals surface area contributed by atoms with E-state index in [2.05, 4.69) is 9.71 Å². The molecular weight excluding hydrogens is 212 g/mol. The van der Waals surface area contributed by atoms with Gasteiger partial charge in [-0.1, -0.05) is 6.07 Å². The summed E-state index contributed by atoms with van der Waals surface area (Å²) in [6, 6.07) is 5.43. The zero-order chi connectivity index (χ0) is 11.3. The van der Waals surface area contributed by atoms with Gasteiger partial charge >= 0.3 is 0 Å². The van der Waals surface area contributed by atoms with Crippen molar-refractivity contribution in [2.75, 3.05) is 5.75 Å². The summed E-state index contributed by atoms with van der Waals surface area (Å²) in [5, 5.41) is 0. The van der Waals surface area contributed by atoms with Crippen molar-refractivity contribution in [1.82, 2.24) is 9.71 Å². The van der Waals surface area contributed by atoms with E-state index in [0.717, 1.165) is 5.69 Å². The van der Waals surface area contributed by atoms with Crippen LogP contribution in [0, 0.1) is 0 Å². The van der Waals surface area contributed by atoms with Crippen LogP contribution in [0.15, 0.2) is 24.4 Å². The molecule has 1 rings (SSSR count). The Hall–Kier alpha value is -0.940. The molecule has 0 spiro atoms. The van der Waals surface area contributed by atoms with Gasteiger partial charge in [0.25, 0.3) is 0 Å². The molecule has 0 aliphatic carbocycles. The van der Waals surface area contributed by atoms with Gasteiger partial charge in [0.1, 0.15) is 0 Å². The zero-order valence-corrected chi connectivity index (χ0v) is 9.79. The fraction of sp³-hybridized carbons (Fsp3) is 0.500. The van der Waals surface area contributed by atoms with Crippen LogP contribution in [0.2, 0.25) is 0 Å². The lowest BCUT2D eigenvalue weighted by atomic mass is 10.3. The second-order valence-electron chi connectivity index (χ2n) is 3.66. The Morgan fingerprint density at radius 3 is 2.67 bits per heavy atom. The first kappa shape index (κ1) is 12.1. The molecule has 0 fully saturated rings. The Morgan fingerprint density at radius 1 is 1.40 bits per heavy atom. The van der Waals surface area contributed by atoms with Crippen LogP contribution < -0.4 is 4.72 Å². The number of nitrogens with one attached hydrogen (secondary N) is 1. The average Bonchev–Trinajstić information content (AvgIpc) is 2.15. The predicted octanol–water partition coefficient (Wildman–Crippen LogP) is 0.952. The van der Waals surface area contributed by atoms with Crippen LogP contribution in [0.1, 0.15) is 19.5 Å². The van der Waals surface area contributed by atoms with Crippen molar-refractivity contribution in [3.05, 3.63) is 30.1 Å². The third-order valence-electron chi connectivity index (χ3n) is 1.77. The number of nitrogens with zero attached hydrogens (tertiary/aromatic N) is 1. The molecule has 0 radical (unpaired) electrons. The SMILES string of the molecule is CC(C)NS(=O)(=O)CCc1ccccn1. The molecule has 1 aromatic heterocycles. The van der Waals surface area contributed by atoms with Gasteiger partial charge in [-0.3, -0.25) is 4.98 Å². The fourth-order valence-corrected chi connectivity index (χ4v) is 2.52. The highest BCUT2D eigenvalue weighted by molar-refractivity contribution is 7.89. The van der Waals surface area contributed by atoms with Crippen molar-refractivity contribution < 1.29 is 8.42 Å². The van der Waals surface area contributed by atoms with Crippen LogP contribution in [0.5, 0.6) is 0 Å². The molecule has 0 amide bonds. The maximum atomic E-state index is 11.5. The van der Waals surface area contributed by atoms with Crippen molar-refractivity contribution in [2.24, 2.45) is 0 Å². The Bertz CT molecular complexity index is 387. The Labute approximate surface area is 90.8 Å². The first-order valence-electron chi connectivity index (χ1n) is 4.89. The Balaban J connectivity index is 2.50. The van der Waals surface area contributed by atoms with E-state index in [1.165, 1.54) is 0 Å². The van der Waals surface area contributed by atoms with Crippen LogP contribution in [0.3, 0.4) is 0 Å². The van der Waals surface area contributed by atoms with Gasteiger partial charge < -0.3 is 0 Å². The van der Waals surface area contributed by atoms with E-state index in [9.17, 15) is 8.42 Å². The van der Waals surface area contributed by atoms with Gasteiger partial charge in [-0.05, 0) is 26.0 Å². The largest absolute Gasteiger partial charge is 0.261 e. The number of hydrogen-bond donors (Lipinski definition) is 1. The van der Waals surface area contributed by atoms with Crippen molar-refractivity contribution in [2.45, 2.75) is 26.3 Å². The molecule has 0 aliphatic heterocycles. The third-order valence-corrected chi connectivity index (χ3v) is 3.34. The summed E-state index contributed by atoms with van der Waals surface area (Å²) in [5.41, 5.74) is 0.798. The Morgan fingerprint density at radius 2 is 2.13 bits per heavy atom. The van der Waals surface area contributed by atoms with Gasteiger partial charge in [0.15, 0.2) is 0 Å². The molecule has 84 valence electrons. The number of aryl methyl sites for hydroxylation is 1. The fourth-order valence-electron chi connectivity index (χ4n) is 1.20. The lowest BCUT2D eigenvalue weighted by Gasteiger charge is -2.08. The third kappa shape index (κ3) is 4.90. The van der Waals surface area contributed by atoms with Crippen molar-refractivity contribution in [1.29, 1.82) is 0 Å². The molecule has 1 aromatic rings. The first-order valence-corrected chi connectivity index (χ1v) is 6.55. The monoisotopic (exact) mass is 228 g/mol. The number of rotatable bonds is 5. The molecule has 1 heterocycles. The normalized spacial score (nSPS) is 11.9. The van der Waals surface area contributed by atoms with Crippen molar-refractivity contribution in [3.8, 4) is 0 Å². The quantitative estimate of drug-likeness (QED) is 0.816.